The van der Waals surface area contributed by atoms with Crippen LogP contribution in [0.15, 0.2) is 90.9 Å². The summed E-state index contributed by atoms with van der Waals surface area (Å²) >= 11 is 0. The maximum Gasteiger partial charge on any atom is 1.00 e. The molecule has 0 saturated carbocycles. The van der Waals surface area contributed by atoms with Crippen LogP contribution in [0.4, 0.5) is 34.1 Å². The first-order chi connectivity index (χ1) is 14.9. The molecular weight excluding hydrogens is 506 g/mol. The topological polar surface area (TPSA) is 216 Å². The molecule has 0 aliphatic carbocycles. The second-order valence-corrected chi connectivity index (χ2v) is 9.03. The molecule has 0 heterocycles. The van der Waals surface area contributed by atoms with Gasteiger partial charge in [-0.3, -0.25) is 0 Å². The summed E-state index contributed by atoms with van der Waals surface area (Å²) in [6.45, 7) is 0. The van der Waals surface area contributed by atoms with Crippen LogP contribution in [0.25, 0.3) is 0 Å². The molecule has 0 spiro atoms. The molecule has 0 saturated heterocycles. The van der Waals surface area contributed by atoms with Gasteiger partial charge in [0.05, 0.1) is 32.5 Å². The Morgan fingerprint density at radius 1 is 0.559 bits per heavy atom. The predicted octanol–water partition coefficient (Wildman–Crippen LogP) is -2.50. The zero-order valence-corrected chi connectivity index (χ0v) is 23.6. The van der Waals surface area contributed by atoms with Crippen molar-refractivity contribution in [1.82, 2.24) is 0 Å². The normalized spacial score (nSPS) is 11.8. The molecule has 0 fully saturated rings. The van der Waals surface area contributed by atoms with E-state index < -0.39 is 30.0 Å². The summed E-state index contributed by atoms with van der Waals surface area (Å²) in [6.07, 6.45) is 0. The molecule has 0 aliphatic heterocycles. The number of nitrogens with two attached hydrogens (primary N) is 2. The minimum absolute atomic E-state index is 0. The van der Waals surface area contributed by atoms with Gasteiger partial charge in [-0.25, -0.2) is 16.8 Å². The van der Waals surface area contributed by atoms with Gasteiger partial charge < -0.3 is 20.6 Å². The van der Waals surface area contributed by atoms with Crippen LogP contribution in [-0.2, 0) is 20.2 Å². The van der Waals surface area contributed by atoms with Gasteiger partial charge in [0.2, 0.25) is 0 Å². The number of rotatable bonds is 6. The molecule has 166 valence electrons. The fourth-order valence-electron chi connectivity index (χ4n) is 2.37. The second kappa shape index (κ2) is 12.3. The van der Waals surface area contributed by atoms with E-state index in [0.717, 1.165) is 24.3 Å². The van der Waals surface area contributed by atoms with Crippen molar-refractivity contribution in [3.8, 4) is 0 Å². The van der Waals surface area contributed by atoms with Gasteiger partial charge in [0, 0.05) is 0 Å². The van der Waals surface area contributed by atoms with Crippen molar-refractivity contribution in [2.75, 3.05) is 11.5 Å². The molecule has 3 aromatic carbocycles. The zero-order valence-electron chi connectivity index (χ0n) is 18.0. The Hall–Kier alpha value is -1.72. The van der Waals surface area contributed by atoms with E-state index in [1.807, 2.05) is 0 Å². The van der Waals surface area contributed by atoms with Gasteiger partial charge in [0.1, 0.15) is 31.6 Å². The maximum absolute atomic E-state index is 11.0. The molecule has 4 N–H and O–H groups in total. The Kier molecular flexibility index (Phi) is 11.0. The van der Waals surface area contributed by atoms with E-state index >= 15 is 0 Å². The standard InChI is InChI=1S/C18H16N6O6S2.2Na/c19-15-9-16(20)18(24-22-12-3-7-14(8-4-12)32(28,29)30)10-17(15)23-21-11-1-5-13(6-2-11)31(25,26)27;;/h1-10H,19-20H2,(H,25,26,27)(H,28,29,30);;/q;2*+1/p-2. The number of azo groups is 2. The van der Waals surface area contributed by atoms with E-state index in [9.17, 15) is 25.9 Å². The molecule has 12 nitrogen and oxygen atoms in total. The van der Waals surface area contributed by atoms with E-state index in [-0.39, 0.29) is 93.2 Å². The largest absolute Gasteiger partial charge is 1.00 e. The van der Waals surface area contributed by atoms with E-state index in [2.05, 4.69) is 20.5 Å². The molecule has 0 unspecified atom stereocenters. The average Bonchev–Trinajstić information content (AvgIpc) is 2.72. The average molecular weight is 520 g/mol. The molecule has 0 aromatic heterocycles. The van der Waals surface area contributed by atoms with Crippen molar-refractivity contribution in [2.45, 2.75) is 9.79 Å². The molecule has 16 heteroatoms. The maximum atomic E-state index is 11.0. The van der Waals surface area contributed by atoms with Crippen LogP contribution in [0.2, 0.25) is 0 Å². The van der Waals surface area contributed by atoms with E-state index in [1.54, 1.807) is 0 Å². The van der Waals surface area contributed by atoms with Crippen molar-refractivity contribution in [2.24, 2.45) is 20.5 Å². The Balaban J connectivity index is 0.00000289. The summed E-state index contributed by atoms with van der Waals surface area (Å²) in [5.41, 5.74) is 13.1. The van der Waals surface area contributed by atoms with E-state index in [1.165, 1.54) is 36.4 Å². The second-order valence-electron chi connectivity index (χ2n) is 6.27. The first-order valence-electron chi connectivity index (χ1n) is 8.58. The summed E-state index contributed by atoms with van der Waals surface area (Å²) in [5, 5.41) is 15.8. The Morgan fingerprint density at radius 3 is 1.18 bits per heavy atom. The number of nitrogens with zero attached hydrogens (tertiary/aromatic N) is 4. The predicted molar refractivity (Wildman–Crippen MR) is 112 cm³/mol. The van der Waals surface area contributed by atoms with Crippen molar-refractivity contribution < 1.29 is 85.1 Å². The number of hydrogen-bond donors (Lipinski definition) is 2. The third-order valence-electron chi connectivity index (χ3n) is 3.97. The molecule has 0 atom stereocenters. The van der Waals surface area contributed by atoms with Gasteiger partial charge in [-0.1, -0.05) is 0 Å². The monoisotopic (exact) mass is 520 g/mol. The molecule has 0 aliphatic rings. The van der Waals surface area contributed by atoms with Gasteiger partial charge in [0.15, 0.2) is 0 Å². The number of anilines is 2. The molecule has 3 aromatic rings. The van der Waals surface area contributed by atoms with Gasteiger partial charge >= 0.3 is 59.1 Å². The molecule has 0 radical (unpaired) electrons. The van der Waals surface area contributed by atoms with Gasteiger partial charge in [-0.05, 0) is 60.7 Å². The Labute approximate surface area is 239 Å². The van der Waals surface area contributed by atoms with Gasteiger partial charge in [0.25, 0.3) is 0 Å². The quantitative estimate of drug-likeness (QED) is 0.153. The molecular formula is C18H14N6Na2O6S2. The zero-order chi connectivity index (χ0) is 23.5. The van der Waals surface area contributed by atoms with Crippen molar-refractivity contribution in [1.29, 1.82) is 0 Å². The SMILES string of the molecule is Nc1cc(N)c(N=Nc2ccc(S(=O)(=O)[O-])cc2)cc1N=Nc1ccc(S(=O)(=O)[O-])cc1.[Na+].[Na+]. The van der Waals surface area contributed by atoms with Gasteiger partial charge in [-0.2, -0.15) is 10.2 Å². The minimum Gasteiger partial charge on any atom is -0.744 e. The Morgan fingerprint density at radius 2 is 0.882 bits per heavy atom. The third-order valence-corrected chi connectivity index (χ3v) is 5.67. The number of nitrogen functional groups attached to an aromatic ring is 2. The summed E-state index contributed by atoms with van der Waals surface area (Å²) in [6, 6.07) is 12.4. The first-order valence-corrected chi connectivity index (χ1v) is 11.4. The fourth-order valence-corrected chi connectivity index (χ4v) is 3.31. The minimum atomic E-state index is -4.57. The molecule has 0 amide bonds. The Bertz CT molecular complexity index is 1320. The summed E-state index contributed by atoms with van der Waals surface area (Å²) in [7, 11) is -9.13. The molecule has 0 bridgehead atoms. The summed E-state index contributed by atoms with van der Waals surface area (Å²) in [5.74, 6) is 0. The van der Waals surface area contributed by atoms with Crippen LogP contribution in [-0.4, -0.2) is 25.9 Å². The summed E-state index contributed by atoms with van der Waals surface area (Å²) < 4.78 is 65.8. The van der Waals surface area contributed by atoms with Crippen molar-refractivity contribution >= 4 is 54.4 Å². The fraction of sp³-hybridized carbons (Fsp3) is 0. The number of benzene rings is 3. The van der Waals surface area contributed by atoms with Crippen LogP contribution in [0, 0.1) is 0 Å². The number of hydrogen-bond acceptors (Lipinski definition) is 12. The van der Waals surface area contributed by atoms with Crippen LogP contribution in [0.1, 0.15) is 0 Å². The van der Waals surface area contributed by atoms with Crippen LogP contribution in [0.3, 0.4) is 0 Å². The van der Waals surface area contributed by atoms with Crippen LogP contribution >= 0.6 is 0 Å². The van der Waals surface area contributed by atoms with Gasteiger partial charge in [-0.15, -0.1) is 10.2 Å². The molecule has 3 rings (SSSR count). The van der Waals surface area contributed by atoms with E-state index in [4.69, 9.17) is 11.5 Å². The smallest absolute Gasteiger partial charge is 0.744 e. The van der Waals surface area contributed by atoms with Crippen molar-refractivity contribution in [3.05, 3.63) is 60.7 Å². The van der Waals surface area contributed by atoms with Crippen LogP contribution < -0.4 is 70.6 Å². The van der Waals surface area contributed by atoms with Crippen LogP contribution in [0.5, 0.6) is 0 Å². The van der Waals surface area contributed by atoms with Crippen molar-refractivity contribution in [3.63, 3.8) is 0 Å². The first kappa shape index (κ1) is 30.3. The molecule has 34 heavy (non-hydrogen) atoms. The van der Waals surface area contributed by atoms with E-state index in [0.29, 0.717) is 0 Å². The summed E-state index contributed by atoms with van der Waals surface area (Å²) in [4.78, 5) is -0.793. The third kappa shape index (κ3) is 8.20.